The number of hydrogen-bond acceptors (Lipinski definition) is 2. The third-order valence-electron chi connectivity index (χ3n) is 4.86. The van der Waals surface area contributed by atoms with Gasteiger partial charge >= 0.3 is 0 Å². The van der Waals surface area contributed by atoms with Crippen LogP contribution in [0.4, 0.5) is 0 Å². The van der Waals surface area contributed by atoms with E-state index < -0.39 is 0 Å². The predicted molar refractivity (Wildman–Crippen MR) is 97.9 cm³/mol. The molecule has 1 saturated carbocycles. The Morgan fingerprint density at radius 2 is 2.08 bits per heavy atom. The first-order chi connectivity index (χ1) is 11.8. The van der Waals surface area contributed by atoms with Crippen molar-refractivity contribution in [2.75, 3.05) is 19.7 Å². The van der Waals surface area contributed by atoms with E-state index in [1.807, 2.05) is 35.2 Å². The van der Waals surface area contributed by atoms with Crippen LogP contribution >= 0.6 is 0 Å². The molecule has 0 spiro atoms. The van der Waals surface area contributed by atoms with Crippen LogP contribution in [0.2, 0.25) is 0 Å². The van der Waals surface area contributed by atoms with E-state index in [2.05, 4.69) is 12.2 Å². The number of amides is 1. The lowest BCUT2D eigenvalue weighted by atomic mass is 9.90. The molecule has 0 N–H and O–H groups in total. The highest BCUT2D eigenvalue weighted by Crippen LogP contribution is 2.25. The van der Waals surface area contributed by atoms with Crippen molar-refractivity contribution in [2.45, 2.75) is 38.5 Å². The lowest BCUT2D eigenvalue weighted by molar-refractivity contribution is -0.125. The van der Waals surface area contributed by atoms with Crippen molar-refractivity contribution in [2.24, 2.45) is 5.92 Å². The highest BCUT2D eigenvalue weighted by Gasteiger charge is 2.14. The molecule has 0 saturated heterocycles. The van der Waals surface area contributed by atoms with E-state index in [-0.39, 0.29) is 5.91 Å². The number of ether oxygens (including phenoxy) is 1. The number of carbonyl (C=O) groups excluding carboxylic acids is 1. The van der Waals surface area contributed by atoms with Gasteiger partial charge in [-0.2, -0.15) is 0 Å². The molecule has 1 aliphatic carbocycles. The van der Waals surface area contributed by atoms with Gasteiger partial charge in [-0.3, -0.25) is 4.79 Å². The largest absolute Gasteiger partial charge is 0.493 e. The zero-order valence-electron chi connectivity index (χ0n) is 14.3. The summed E-state index contributed by atoms with van der Waals surface area (Å²) in [6, 6.07) is 8.01. The Morgan fingerprint density at radius 3 is 2.88 bits per heavy atom. The van der Waals surface area contributed by atoms with Gasteiger partial charge in [-0.05, 0) is 49.0 Å². The molecular weight excluding hydrogens is 298 g/mol. The quantitative estimate of drug-likeness (QED) is 0.591. The third-order valence-corrected chi connectivity index (χ3v) is 4.86. The average molecular weight is 325 g/mol. The summed E-state index contributed by atoms with van der Waals surface area (Å²) in [5.74, 6) is 1.68. The minimum absolute atomic E-state index is 0.0767. The van der Waals surface area contributed by atoms with E-state index in [0.29, 0.717) is 12.5 Å². The van der Waals surface area contributed by atoms with E-state index in [9.17, 15) is 4.79 Å². The van der Waals surface area contributed by atoms with Crippen LogP contribution in [-0.2, 0) is 4.79 Å². The van der Waals surface area contributed by atoms with Gasteiger partial charge in [-0.15, -0.1) is 0 Å². The first-order valence-corrected chi connectivity index (χ1v) is 9.16. The van der Waals surface area contributed by atoms with Crippen LogP contribution < -0.4 is 4.74 Å². The zero-order valence-corrected chi connectivity index (χ0v) is 14.3. The summed E-state index contributed by atoms with van der Waals surface area (Å²) in [4.78, 5) is 14.0. The van der Waals surface area contributed by atoms with Crippen LogP contribution in [0, 0.1) is 5.92 Å². The summed E-state index contributed by atoms with van der Waals surface area (Å²) in [5.41, 5.74) is 1.01. The molecule has 0 aromatic heterocycles. The lowest BCUT2D eigenvalue weighted by Gasteiger charge is -2.22. The molecule has 1 aromatic carbocycles. The standard InChI is InChI=1S/C21H27NO2/c23-21(22-14-5-2-6-15-22)13-12-18-10-7-11-20(16-18)24-17-19-8-3-1-4-9-19/h2,5,7,10-13,16,19H,1,3-4,6,8-9,14-15,17H2/b13-12+. The molecule has 3 rings (SSSR count). The fourth-order valence-electron chi connectivity index (χ4n) is 3.39. The van der Waals surface area contributed by atoms with Gasteiger partial charge in [0.15, 0.2) is 0 Å². The Balaban J connectivity index is 1.53. The summed E-state index contributed by atoms with van der Waals surface area (Å²) >= 11 is 0. The van der Waals surface area contributed by atoms with Gasteiger partial charge in [0.25, 0.3) is 0 Å². The van der Waals surface area contributed by atoms with E-state index in [4.69, 9.17) is 4.74 Å². The number of hydrogen-bond donors (Lipinski definition) is 0. The van der Waals surface area contributed by atoms with Crippen LogP contribution in [-0.4, -0.2) is 30.5 Å². The second-order valence-corrected chi connectivity index (χ2v) is 6.77. The molecule has 128 valence electrons. The zero-order chi connectivity index (χ0) is 16.6. The van der Waals surface area contributed by atoms with Crippen molar-refractivity contribution >= 4 is 12.0 Å². The molecule has 0 bridgehead atoms. The average Bonchev–Trinajstić information content (AvgIpc) is 2.66. The summed E-state index contributed by atoms with van der Waals surface area (Å²) < 4.78 is 5.97. The Morgan fingerprint density at radius 1 is 1.21 bits per heavy atom. The van der Waals surface area contributed by atoms with Gasteiger partial charge in [-0.25, -0.2) is 0 Å². The molecule has 1 amide bonds. The summed E-state index contributed by atoms with van der Waals surface area (Å²) in [5, 5.41) is 0. The minimum Gasteiger partial charge on any atom is -0.493 e. The summed E-state index contributed by atoms with van der Waals surface area (Å²) in [6.45, 7) is 2.34. The summed E-state index contributed by atoms with van der Waals surface area (Å²) in [7, 11) is 0. The lowest BCUT2D eigenvalue weighted by Crippen LogP contribution is -2.32. The monoisotopic (exact) mass is 325 g/mol. The third kappa shape index (κ3) is 4.98. The predicted octanol–water partition coefficient (Wildman–Crippen LogP) is 4.45. The molecule has 0 unspecified atom stereocenters. The molecule has 1 heterocycles. The van der Waals surface area contributed by atoms with Crippen LogP contribution in [0.15, 0.2) is 42.5 Å². The molecule has 1 aromatic rings. The summed E-state index contributed by atoms with van der Waals surface area (Å²) in [6.07, 6.45) is 15.3. The van der Waals surface area contributed by atoms with Crippen molar-refractivity contribution in [3.05, 3.63) is 48.1 Å². The molecule has 3 nitrogen and oxygen atoms in total. The van der Waals surface area contributed by atoms with E-state index in [0.717, 1.165) is 30.9 Å². The minimum atomic E-state index is 0.0767. The number of nitrogens with zero attached hydrogens (tertiary/aromatic N) is 1. The molecule has 3 heteroatoms. The van der Waals surface area contributed by atoms with Crippen LogP contribution in [0.5, 0.6) is 5.75 Å². The van der Waals surface area contributed by atoms with E-state index in [1.54, 1.807) is 6.08 Å². The second kappa shape index (κ2) is 8.72. The first kappa shape index (κ1) is 16.8. The molecular formula is C21H27NO2. The first-order valence-electron chi connectivity index (χ1n) is 9.16. The number of rotatable bonds is 5. The van der Waals surface area contributed by atoms with Crippen LogP contribution in [0.3, 0.4) is 0 Å². The fraction of sp³-hybridized carbons (Fsp3) is 0.476. The molecule has 0 atom stereocenters. The Hall–Kier alpha value is -2.03. The fourth-order valence-corrected chi connectivity index (χ4v) is 3.39. The molecule has 1 aliphatic heterocycles. The molecule has 24 heavy (non-hydrogen) atoms. The molecule has 0 radical (unpaired) electrons. The maximum atomic E-state index is 12.2. The normalized spacial score (nSPS) is 18.9. The maximum Gasteiger partial charge on any atom is 0.246 e. The number of carbonyl (C=O) groups is 1. The highest BCUT2D eigenvalue weighted by molar-refractivity contribution is 5.92. The number of benzene rings is 1. The second-order valence-electron chi connectivity index (χ2n) is 6.77. The molecule has 1 fully saturated rings. The van der Waals surface area contributed by atoms with Crippen LogP contribution in [0.1, 0.15) is 44.1 Å². The van der Waals surface area contributed by atoms with Crippen molar-refractivity contribution in [3.8, 4) is 5.75 Å². The van der Waals surface area contributed by atoms with Crippen molar-refractivity contribution < 1.29 is 9.53 Å². The van der Waals surface area contributed by atoms with Gasteiger partial charge in [0, 0.05) is 19.2 Å². The Kier molecular flexibility index (Phi) is 6.11. The van der Waals surface area contributed by atoms with Gasteiger partial charge in [0.05, 0.1) is 6.61 Å². The van der Waals surface area contributed by atoms with Crippen LogP contribution in [0.25, 0.3) is 6.08 Å². The maximum absolute atomic E-state index is 12.2. The molecule has 2 aliphatic rings. The van der Waals surface area contributed by atoms with E-state index in [1.165, 1.54) is 32.1 Å². The van der Waals surface area contributed by atoms with Gasteiger partial charge in [-0.1, -0.05) is 43.5 Å². The van der Waals surface area contributed by atoms with Gasteiger partial charge in [0.2, 0.25) is 5.91 Å². The van der Waals surface area contributed by atoms with Gasteiger partial charge in [0.1, 0.15) is 5.75 Å². The SMILES string of the molecule is O=C(/C=C/c1cccc(OCC2CCCCC2)c1)N1CC=CCC1. The Labute approximate surface area is 145 Å². The smallest absolute Gasteiger partial charge is 0.246 e. The van der Waals surface area contributed by atoms with E-state index >= 15 is 0 Å². The topological polar surface area (TPSA) is 29.5 Å². The van der Waals surface area contributed by atoms with Crippen molar-refractivity contribution in [1.82, 2.24) is 4.90 Å². The van der Waals surface area contributed by atoms with Gasteiger partial charge < -0.3 is 9.64 Å². The highest BCUT2D eigenvalue weighted by atomic mass is 16.5. The van der Waals surface area contributed by atoms with Crippen molar-refractivity contribution in [1.29, 1.82) is 0 Å². The Bertz CT molecular complexity index is 600. The van der Waals surface area contributed by atoms with Crippen molar-refractivity contribution in [3.63, 3.8) is 0 Å².